The molecule has 8 heteroatoms. The number of halogens is 4. The summed E-state index contributed by atoms with van der Waals surface area (Å²) in [6, 6.07) is 5.37. The Morgan fingerprint density at radius 1 is 1.30 bits per heavy atom. The Hall–Kier alpha value is -1.57. The van der Waals surface area contributed by atoms with E-state index in [2.05, 4.69) is 10.3 Å². The van der Waals surface area contributed by atoms with Crippen LogP contribution in [-0.4, -0.2) is 28.9 Å². The van der Waals surface area contributed by atoms with Crippen molar-refractivity contribution in [2.45, 2.75) is 38.0 Å². The van der Waals surface area contributed by atoms with Crippen LogP contribution in [0.15, 0.2) is 29.3 Å². The number of alkyl halides is 3. The molecule has 0 aromatic heterocycles. The topological polar surface area (TPSA) is 41.5 Å². The summed E-state index contributed by atoms with van der Waals surface area (Å²) in [6.45, 7) is 4.13. The van der Waals surface area contributed by atoms with Crippen molar-refractivity contribution >= 4 is 22.8 Å². The molecule has 0 saturated carbocycles. The predicted octanol–water partition coefficient (Wildman–Crippen LogP) is 4.11. The summed E-state index contributed by atoms with van der Waals surface area (Å²) in [4.78, 5) is 15.8. The van der Waals surface area contributed by atoms with Crippen molar-refractivity contribution in [3.63, 3.8) is 0 Å². The molecule has 3 nitrogen and oxygen atoms in total. The molecule has 1 saturated heterocycles. The molecule has 0 aliphatic carbocycles. The van der Waals surface area contributed by atoms with Crippen LogP contribution in [0.2, 0.25) is 0 Å². The lowest BCUT2D eigenvalue weighted by molar-refractivity contribution is -0.124. The number of hydrogen-bond donors (Lipinski definition) is 1. The van der Waals surface area contributed by atoms with Crippen LogP contribution in [-0.2, 0) is 4.79 Å². The molecule has 2 rings (SSSR count). The molecule has 0 unspecified atom stereocenters. The lowest BCUT2D eigenvalue weighted by Gasteiger charge is -2.16. The standard InChI is InChI=1S/C13H13F3N2OS.C2H5F/c1-7(8-3-5-9(14)6-4-8)17-12-18-11(19)13(2,20-12)10(15)16;1-2-3/h3-7,10H,1-2H3,(H,17,18,19);2H2,1H3/t7-,13+;/m0./s1. The number of amidine groups is 1. The summed E-state index contributed by atoms with van der Waals surface area (Å²) in [5.41, 5.74) is 0.736. The minimum atomic E-state index is -2.78. The van der Waals surface area contributed by atoms with Gasteiger partial charge in [0.05, 0.1) is 12.7 Å². The minimum absolute atomic E-state index is 0.162. The molecule has 1 aliphatic heterocycles. The highest BCUT2D eigenvalue weighted by Crippen LogP contribution is 2.37. The number of amides is 1. The molecule has 1 aromatic carbocycles. The van der Waals surface area contributed by atoms with Gasteiger partial charge in [-0.25, -0.2) is 13.2 Å². The number of carbonyl (C=O) groups is 1. The predicted molar refractivity (Wildman–Crippen MR) is 84.0 cm³/mol. The molecule has 2 atom stereocenters. The van der Waals surface area contributed by atoms with Crippen molar-refractivity contribution in [2.75, 3.05) is 6.67 Å². The molecule has 0 radical (unpaired) electrons. The molecule has 0 bridgehead atoms. The highest BCUT2D eigenvalue weighted by molar-refractivity contribution is 8.16. The normalized spacial score (nSPS) is 23.5. The Morgan fingerprint density at radius 2 is 1.83 bits per heavy atom. The van der Waals surface area contributed by atoms with Crippen LogP contribution >= 0.6 is 11.8 Å². The van der Waals surface area contributed by atoms with E-state index in [0.717, 1.165) is 17.3 Å². The van der Waals surface area contributed by atoms with E-state index in [0.29, 0.717) is 0 Å². The van der Waals surface area contributed by atoms with Crippen molar-refractivity contribution in [3.8, 4) is 0 Å². The van der Waals surface area contributed by atoms with Gasteiger partial charge in [-0.3, -0.25) is 14.2 Å². The van der Waals surface area contributed by atoms with E-state index in [-0.39, 0.29) is 23.7 Å². The van der Waals surface area contributed by atoms with Gasteiger partial charge in [-0.05, 0) is 38.5 Å². The van der Waals surface area contributed by atoms with Crippen molar-refractivity contribution in [1.82, 2.24) is 5.32 Å². The van der Waals surface area contributed by atoms with Crippen molar-refractivity contribution < 1.29 is 22.4 Å². The molecular weight excluding hydrogens is 332 g/mol. The summed E-state index contributed by atoms with van der Waals surface area (Å²) in [5, 5.41) is 2.52. The second kappa shape index (κ2) is 8.33. The third kappa shape index (κ3) is 4.95. The quantitative estimate of drug-likeness (QED) is 0.834. The fourth-order valence-electron chi connectivity index (χ4n) is 1.69. The number of benzene rings is 1. The van der Waals surface area contributed by atoms with E-state index in [4.69, 9.17) is 0 Å². The Labute approximate surface area is 136 Å². The summed E-state index contributed by atoms with van der Waals surface area (Å²) >= 11 is 0.721. The molecule has 1 amide bonds. The molecule has 1 aromatic rings. The van der Waals surface area contributed by atoms with Gasteiger partial charge in [0.15, 0.2) is 9.91 Å². The summed E-state index contributed by atoms with van der Waals surface area (Å²) in [5.74, 6) is -1.11. The van der Waals surface area contributed by atoms with Gasteiger partial charge >= 0.3 is 0 Å². The minimum Gasteiger partial charge on any atom is -0.304 e. The van der Waals surface area contributed by atoms with Gasteiger partial charge in [0, 0.05) is 0 Å². The summed E-state index contributed by atoms with van der Waals surface area (Å²) in [7, 11) is 0. The van der Waals surface area contributed by atoms with Gasteiger partial charge in [0.2, 0.25) is 5.91 Å². The zero-order valence-corrected chi connectivity index (χ0v) is 13.8. The van der Waals surface area contributed by atoms with Gasteiger partial charge in [-0.15, -0.1) is 0 Å². The first kappa shape index (κ1) is 19.5. The van der Waals surface area contributed by atoms with Crippen LogP contribution in [0.1, 0.15) is 32.4 Å². The van der Waals surface area contributed by atoms with Crippen molar-refractivity contribution in [1.29, 1.82) is 0 Å². The van der Waals surface area contributed by atoms with Crippen LogP contribution in [0, 0.1) is 5.82 Å². The monoisotopic (exact) mass is 350 g/mol. The average Bonchev–Trinajstić information content (AvgIpc) is 2.76. The van der Waals surface area contributed by atoms with Crippen LogP contribution < -0.4 is 5.32 Å². The smallest absolute Gasteiger partial charge is 0.262 e. The van der Waals surface area contributed by atoms with Crippen LogP contribution in [0.5, 0.6) is 0 Å². The van der Waals surface area contributed by atoms with Gasteiger partial charge in [-0.2, -0.15) is 0 Å². The first-order chi connectivity index (χ1) is 10.7. The third-order valence-corrected chi connectivity index (χ3v) is 4.25. The first-order valence-corrected chi connectivity index (χ1v) is 7.74. The van der Waals surface area contributed by atoms with Gasteiger partial charge in [0.25, 0.3) is 6.43 Å². The highest BCUT2D eigenvalue weighted by atomic mass is 32.2. The number of rotatable bonds is 3. The third-order valence-electron chi connectivity index (χ3n) is 3.06. The van der Waals surface area contributed by atoms with E-state index in [1.807, 2.05) is 0 Å². The molecule has 128 valence electrons. The second-order valence-corrected chi connectivity index (χ2v) is 6.33. The molecule has 1 aliphatic rings. The highest BCUT2D eigenvalue weighted by Gasteiger charge is 2.50. The number of aliphatic imine (C=N–C) groups is 1. The van der Waals surface area contributed by atoms with Crippen LogP contribution in [0.4, 0.5) is 17.6 Å². The summed E-state index contributed by atoms with van der Waals surface area (Å²) < 4.78 is 47.1. The largest absolute Gasteiger partial charge is 0.304 e. The lowest BCUT2D eigenvalue weighted by Crippen LogP contribution is -2.39. The van der Waals surface area contributed by atoms with Crippen molar-refractivity contribution in [3.05, 3.63) is 35.6 Å². The number of carbonyl (C=O) groups excluding carboxylic acids is 1. The zero-order chi connectivity index (χ0) is 17.6. The molecule has 1 N–H and O–H groups in total. The fourth-order valence-corrected chi connectivity index (χ4v) is 2.68. The van der Waals surface area contributed by atoms with E-state index in [1.165, 1.54) is 26.0 Å². The Bertz CT molecular complexity index is 565. The van der Waals surface area contributed by atoms with Crippen LogP contribution in [0.3, 0.4) is 0 Å². The van der Waals surface area contributed by atoms with Crippen molar-refractivity contribution in [2.24, 2.45) is 4.99 Å². The second-order valence-electron chi connectivity index (χ2n) is 4.89. The van der Waals surface area contributed by atoms with E-state index in [1.54, 1.807) is 19.1 Å². The Morgan fingerprint density at radius 3 is 2.26 bits per heavy atom. The maximum absolute atomic E-state index is 12.9. The lowest BCUT2D eigenvalue weighted by atomic mass is 10.1. The van der Waals surface area contributed by atoms with Gasteiger partial charge in [-0.1, -0.05) is 23.9 Å². The number of nitrogens with one attached hydrogen (secondary N) is 1. The molecule has 1 heterocycles. The fraction of sp³-hybridized carbons (Fsp3) is 0.467. The van der Waals surface area contributed by atoms with E-state index < -0.39 is 17.1 Å². The first-order valence-electron chi connectivity index (χ1n) is 6.92. The van der Waals surface area contributed by atoms with E-state index >= 15 is 0 Å². The maximum atomic E-state index is 12.9. The Balaban J connectivity index is 0.000000816. The molecular formula is C15H18F4N2OS. The SMILES string of the molecule is CCF.C[C@H](N=C1NC(=O)[C@@](C)(C(F)F)S1)c1ccc(F)cc1. The summed E-state index contributed by atoms with van der Waals surface area (Å²) in [6.07, 6.45) is -2.78. The van der Waals surface area contributed by atoms with Gasteiger partial charge < -0.3 is 5.32 Å². The molecule has 23 heavy (non-hydrogen) atoms. The number of nitrogens with zero attached hydrogens (tertiary/aromatic N) is 1. The number of thioether (sulfide) groups is 1. The van der Waals surface area contributed by atoms with Crippen LogP contribution in [0.25, 0.3) is 0 Å². The van der Waals surface area contributed by atoms with E-state index in [9.17, 15) is 22.4 Å². The Kier molecular flexibility index (Phi) is 7.05. The zero-order valence-electron chi connectivity index (χ0n) is 12.9. The number of hydrogen-bond acceptors (Lipinski definition) is 3. The van der Waals surface area contributed by atoms with Gasteiger partial charge in [0.1, 0.15) is 5.82 Å². The maximum Gasteiger partial charge on any atom is 0.262 e. The average molecular weight is 350 g/mol. The molecule has 1 fully saturated rings. The molecule has 0 spiro atoms.